The summed E-state index contributed by atoms with van der Waals surface area (Å²) >= 11 is 0. The predicted molar refractivity (Wildman–Crippen MR) is 75.0 cm³/mol. The molecule has 1 aromatic heterocycles. The molecule has 2 rings (SSSR count). The summed E-state index contributed by atoms with van der Waals surface area (Å²) in [7, 11) is -0.795. The van der Waals surface area contributed by atoms with E-state index in [4.69, 9.17) is 4.74 Å². The zero-order valence-electron chi connectivity index (χ0n) is 11.0. The molecular weight excluding hydrogens is 284 g/mol. The van der Waals surface area contributed by atoms with Crippen LogP contribution in [0.25, 0.3) is 10.2 Å². The molecule has 7 nitrogen and oxygen atoms in total. The molecule has 0 radical (unpaired) electrons. The molecule has 1 aromatic carbocycles. The van der Waals surface area contributed by atoms with Crippen LogP contribution in [0.5, 0.6) is 0 Å². The van der Waals surface area contributed by atoms with Gasteiger partial charge < -0.3 is 4.74 Å². The molecule has 1 unspecified atom stereocenters. The lowest BCUT2D eigenvalue weighted by molar-refractivity contribution is -0.384. The van der Waals surface area contributed by atoms with Crippen LogP contribution in [0.1, 0.15) is 6.92 Å². The first-order valence-corrected chi connectivity index (χ1v) is 7.50. The molecule has 0 aliphatic heterocycles. The Morgan fingerprint density at radius 3 is 2.80 bits per heavy atom. The zero-order valence-corrected chi connectivity index (χ0v) is 11.8. The maximum absolute atomic E-state index is 12.1. The minimum absolute atomic E-state index is 0.0612. The van der Waals surface area contributed by atoms with Crippen molar-refractivity contribution in [1.29, 1.82) is 0 Å². The highest BCUT2D eigenvalue weighted by Gasteiger charge is 2.24. The second kappa shape index (κ2) is 5.41. The molecule has 20 heavy (non-hydrogen) atoms. The van der Waals surface area contributed by atoms with Gasteiger partial charge in [0.05, 0.1) is 17.6 Å². The van der Waals surface area contributed by atoms with Crippen LogP contribution in [0.3, 0.4) is 0 Å². The number of carbonyl (C=O) groups excluding carboxylic acids is 1. The molecule has 0 spiro atoms. The van der Waals surface area contributed by atoms with E-state index in [0.29, 0.717) is 10.2 Å². The van der Waals surface area contributed by atoms with Crippen LogP contribution in [0.2, 0.25) is 0 Å². The maximum Gasteiger partial charge on any atom is 0.458 e. The topological polar surface area (TPSA) is 91.4 Å². The summed E-state index contributed by atoms with van der Waals surface area (Å²) in [5.74, 6) is -0.496. The number of carbonyl (C=O) groups is 1. The summed E-state index contributed by atoms with van der Waals surface area (Å²) in [6.45, 7) is 1.76. The minimum Gasteiger partial charge on any atom is -0.465 e. The Kier molecular flexibility index (Phi) is 3.84. The van der Waals surface area contributed by atoms with Crippen molar-refractivity contribution in [2.45, 2.75) is 13.5 Å². The summed E-state index contributed by atoms with van der Waals surface area (Å²) in [6, 6.07) is 4.22. The third-order valence-electron chi connectivity index (χ3n) is 2.85. The highest BCUT2D eigenvalue weighted by atomic mass is 32.2. The van der Waals surface area contributed by atoms with Crippen molar-refractivity contribution in [3.63, 3.8) is 0 Å². The Morgan fingerprint density at radius 2 is 2.20 bits per heavy atom. The quantitative estimate of drug-likeness (QED) is 0.371. The lowest BCUT2D eigenvalue weighted by atomic mass is 10.3. The van der Waals surface area contributed by atoms with Crippen molar-refractivity contribution >= 4 is 32.3 Å². The summed E-state index contributed by atoms with van der Waals surface area (Å²) in [5.41, 5.74) is 0.480. The Labute approximate surface area is 116 Å². The Bertz CT molecular complexity index is 746. The Balaban J connectivity index is 2.56. The van der Waals surface area contributed by atoms with Crippen molar-refractivity contribution in [2.75, 3.05) is 6.61 Å². The van der Waals surface area contributed by atoms with E-state index < -0.39 is 21.4 Å². The number of non-ortho nitro benzene ring substituents is 1. The van der Waals surface area contributed by atoms with Crippen LogP contribution in [0.15, 0.2) is 23.0 Å². The molecule has 0 aliphatic carbocycles. The van der Waals surface area contributed by atoms with E-state index in [-0.39, 0.29) is 23.7 Å². The number of fused-ring (bicyclic) bond motifs is 1. The molecule has 0 fully saturated rings. The van der Waals surface area contributed by atoms with Gasteiger partial charge in [-0.15, -0.1) is 0 Å². The van der Waals surface area contributed by atoms with Gasteiger partial charge in [-0.3, -0.25) is 14.9 Å². The number of hydrogen-bond acceptors (Lipinski definition) is 5. The molecule has 0 bridgehead atoms. The van der Waals surface area contributed by atoms with Crippen LogP contribution in [-0.4, -0.2) is 22.1 Å². The van der Waals surface area contributed by atoms with E-state index in [1.165, 1.54) is 22.8 Å². The van der Waals surface area contributed by atoms with Gasteiger partial charge in [0.25, 0.3) is 5.69 Å². The third kappa shape index (κ3) is 2.42. The number of aryl methyl sites for hydroxylation is 1. The van der Waals surface area contributed by atoms with Gasteiger partial charge in [-0.2, -0.15) is 0 Å². The second-order valence-electron chi connectivity index (χ2n) is 4.08. The molecule has 1 heterocycles. The smallest absolute Gasteiger partial charge is 0.458 e. The summed E-state index contributed by atoms with van der Waals surface area (Å²) in [5, 5.41) is 10.8. The molecule has 106 valence electrons. The van der Waals surface area contributed by atoms with Crippen LogP contribution >= 0.6 is 10.5 Å². The van der Waals surface area contributed by atoms with Crippen molar-refractivity contribution in [2.24, 2.45) is 6.26 Å². The molecular formula is C12H13N2O5S+. The first kappa shape index (κ1) is 14.2. The number of ether oxygens (including phenoxy) is 1. The van der Waals surface area contributed by atoms with E-state index in [1.807, 2.05) is 0 Å². The number of esters is 1. The molecule has 1 atom stereocenters. The molecule has 0 saturated heterocycles. The van der Waals surface area contributed by atoms with E-state index in [1.54, 1.807) is 13.2 Å². The van der Waals surface area contributed by atoms with E-state index in [0.717, 1.165) is 0 Å². The fraction of sp³-hybridized carbons (Fsp3) is 0.333. The number of hydrogen-bond donors (Lipinski definition) is 0. The summed E-state index contributed by atoms with van der Waals surface area (Å²) in [4.78, 5) is 33.7. The van der Waals surface area contributed by atoms with Gasteiger partial charge in [-0.1, -0.05) is 0 Å². The molecule has 8 heteroatoms. The monoisotopic (exact) mass is 297 g/mol. The molecule has 2 aromatic rings. The maximum atomic E-state index is 12.1. The molecule has 0 aliphatic rings. The van der Waals surface area contributed by atoms with E-state index in [2.05, 4.69) is 0 Å². The van der Waals surface area contributed by atoms with Gasteiger partial charge >= 0.3 is 10.8 Å². The van der Waals surface area contributed by atoms with E-state index >= 15 is 0 Å². The third-order valence-corrected chi connectivity index (χ3v) is 4.58. The van der Waals surface area contributed by atoms with Crippen molar-refractivity contribution in [3.8, 4) is 0 Å². The van der Waals surface area contributed by atoms with Gasteiger partial charge in [0.1, 0.15) is 18.3 Å². The zero-order chi connectivity index (χ0) is 14.9. The van der Waals surface area contributed by atoms with Gasteiger partial charge in [0.2, 0.25) is 4.70 Å². The lowest BCUT2D eigenvalue weighted by Crippen LogP contribution is -2.21. The van der Waals surface area contributed by atoms with Crippen LogP contribution in [0, 0.1) is 10.1 Å². The minimum atomic E-state index is -0.795. The Hall–Kier alpha value is -2.22. The highest BCUT2D eigenvalue weighted by Crippen LogP contribution is 2.28. The fourth-order valence-corrected chi connectivity index (χ4v) is 3.40. The van der Waals surface area contributed by atoms with Crippen molar-refractivity contribution in [3.05, 3.63) is 38.0 Å². The number of aromatic nitrogens is 1. The Morgan fingerprint density at radius 1 is 1.50 bits per heavy atom. The number of nitrogens with zero attached hydrogens (tertiary/aromatic N) is 2. The normalized spacial score (nSPS) is 11.6. The van der Waals surface area contributed by atoms with Gasteiger partial charge in [0.15, 0.2) is 0 Å². The number of nitro benzene ring substituents is 1. The van der Waals surface area contributed by atoms with Crippen molar-refractivity contribution < 1.29 is 14.5 Å². The van der Waals surface area contributed by atoms with Crippen LogP contribution < -0.4 is 4.87 Å². The van der Waals surface area contributed by atoms with Gasteiger partial charge in [-0.05, 0) is 13.0 Å². The summed E-state index contributed by atoms with van der Waals surface area (Å²) in [6.07, 6.45) is 1.69. The van der Waals surface area contributed by atoms with Crippen LogP contribution in [-0.2, 0) is 22.3 Å². The highest BCUT2D eigenvalue weighted by molar-refractivity contribution is 7.33. The van der Waals surface area contributed by atoms with Crippen LogP contribution in [0.4, 0.5) is 5.69 Å². The van der Waals surface area contributed by atoms with Crippen molar-refractivity contribution in [1.82, 2.24) is 4.57 Å². The van der Waals surface area contributed by atoms with E-state index in [9.17, 15) is 19.7 Å². The van der Waals surface area contributed by atoms with Gasteiger partial charge in [-0.25, -0.2) is 9.36 Å². The standard InChI is InChI=1S/C12H13N2O5S/c1-3-19-11(15)7-13-9-5-4-8(14(17)18)6-10(9)20(2)12(13)16/h4-6H,3,7H2,1-2H3/q+1. The SMILES string of the molecule is CCOC(=O)Cn1c(=O)[s+](C)c2cc([N+](=O)[O-])ccc21. The lowest BCUT2D eigenvalue weighted by Gasteiger charge is -2.01. The fourth-order valence-electron chi connectivity index (χ4n) is 1.93. The molecule has 0 N–H and O–H groups in total. The first-order valence-electron chi connectivity index (χ1n) is 5.87. The average molecular weight is 297 g/mol. The largest absolute Gasteiger partial charge is 0.465 e. The second-order valence-corrected chi connectivity index (χ2v) is 5.89. The number of thiazole rings is 1. The number of benzene rings is 1. The molecule has 0 amide bonds. The first-order chi connectivity index (χ1) is 9.45. The predicted octanol–water partition coefficient (Wildman–Crippen LogP) is 1.76. The summed E-state index contributed by atoms with van der Waals surface area (Å²) < 4.78 is 6.74. The molecule has 0 saturated carbocycles. The number of nitro groups is 1. The average Bonchev–Trinajstić information content (AvgIpc) is 2.64. The number of rotatable bonds is 4. The van der Waals surface area contributed by atoms with Gasteiger partial charge in [0, 0.05) is 16.5 Å².